The van der Waals surface area contributed by atoms with Crippen molar-refractivity contribution in [2.24, 2.45) is 0 Å². The standard InChI is InChI=1S/C25H31N3O2S/c1-4-5-7-18-9-11-20(12-10-18)28-24(29)22(21-8-6-17-31-21)23(25(28)30)27(3)19-13-15-26(2)16-14-19/h6,8-12,17,19H,4-5,7,13-16H2,1-3H3. The van der Waals surface area contributed by atoms with E-state index in [2.05, 4.69) is 23.8 Å². The number of hydrogen-bond acceptors (Lipinski definition) is 5. The van der Waals surface area contributed by atoms with Gasteiger partial charge in [0, 0.05) is 18.0 Å². The largest absolute Gasteiger partial charge is 0.366 e. The van der Waals surface area contributed by atoms with Gasteiger partial charge in [-0.2, -0.15) is 0 Å². The highest BCUT2D eigenvalue weighted by Crippen LogP contribution is 2.37. The molecule has 0 aliphatic carbocycles. The van der Waals surface area contributed by atoms with Crippen molar-refractivity contribution < 1.29 is 9.59 Å². The molecule has 0 atom stereocenters. The lowest BCUT2D eigenvalue weighted by Crippen LogP contribution is -2.43. The van der Waals surface area contributed by atoms with Crippen molar-refractivity contribution in [2.75, 3.05) is 32.1 Å². The number of rotatable bonds is 7. The van der Waals surface area contributed by atoms with Gasteiger partial charge in [-0.3, -0.25) is 9.59 Å². The smallest absolute Gasteiger partial charge is 0.282 e. The molecule has 0 bridgehead atoms. The third kappa shape index (κ3) is 4.32. The Bertz CT molecular complexity index is 957. The Morgan fingerprint density at radius 2 is 1.77 bits per heavy atom. The number of likely N-dealkylation sites (tertiary alicyclic amines) is 1. The van der Waals surface area contributed by atoms with Crippen LogP contribution in [0.1, 0.15) is 43.0 Å². The normalized spacial score (nSPS) is 18.4. The number of thiophene rings is 1. The van der Waals surface area contributed by atoms with E-state index in [0.717, 1.165) is 50.1 Å². The fraction of sp³-hybridized carbons (Fsp3) is 0.440. The first-order chi connectivity index (χ1) is 15.0. The molecule has 31 heavy (non-hydrogen) atoms. The van der Waals surface area contributed by atoms with Crippen LogP contribution in [-0.4, -0.2) is 54.8 Å². The predicted molar refractivity (Wildman–Crippen MR) is 127 cm³/mol. The van der Waals surface area contributed by atoms with E-state index >= 15 is 0 Å². The van der Waals surface area contributed by atoms with E-state index in [9.17, 15) is 9.59 Å². The van der Waals surface area contributed by atoms with Crippen LogP contribution < -0.4 is 4.90 Å². The lowest BCUT2D eigenvalue weighted by molar-refractivity contribution is -0.120. The maximum atomic E-state index is 13.6. The number of imide groups is 1. The maximum Gasteiger partial charge on any atom is 0.282 e. The van der Waals surface area contributed by atoms with Gasteiger partial charge in [-0.25, -0.2) is 4.90 Å². The molecule has 2 aromatic rings. The first-order valence-corrected chi connectivity index (χ1v) is 12.1. The Morgan fingerprint density at radius 3 is 2.39 bits per heavy atom. The number of unbranched alkanes of at least 4 members (excludes halogenated alkanes) is 1. The van der Waals surface area contributed by atoms with Crippen LogP contribution in [0.3, 0.4) is 0 Å². The third-order valence-electron chi connectivity index (χ3n) is 6.43. The molecule has 164 valence electrons. The molecular weight excluding hydrogens is 406 g/mol. The van der Waals surface area contributed by atoms with E-state index in [-0.39, 0.29) is 17.9 Å². The molecule has 0 N–H and O–H groups in total. The summed E-state index contributed by atoms with van der Waals surface area (Å²) in [6.45, 7) is 4.18. The predicted octanol–water partition coefficient (Wildman–Crippen LogP) is 4.40. The molecule has 4 rings (SSSR count). The van der Waals surface area contributed by atoms with E-state index in [0.29, 0.717) is 17.0 Å². The van der Waals surface area contributed by atoms with Crippen molar-refractivity contribution in [1.29, 1.82) is 0 Å². The van der Waals surface area contributed by atoms with Crippen molar-refractivity contribution in [1.82, 2.24) is 9.80 Å². The van der Waals surface area contributed by atoms with Crippen LogP contribution in [0.15, 0.2) is 47.5 Å². The van der Waals surface area contributed by atoms with Crippen LogP contribution in [0.2, 0.25) is 0 Å². The lowest BCUT2D eigenvalue weighted by atomic mass is 10.0. The molecule has 0 spiro atoms. The summed E-state index contributed by atoms with van der Waals surface area (Å²) in [5.41, 5.74) is 2.96. The SMILES string of the molecule is CCCCc1ccc(N2C(=O)C(c3cccs3)=C(N(C)C3CCN(C)CC3)C2=O)cc1. The first-order valence-electron chi connectivity index (χ1n) is 11.2. The molecule has 3 heterocycles. The molecule has 2 amide bonds. The maximum absolute atomic E-state index is 13.6. The number of carbonyl (C=O) groups excluding carboxylic acids is 2. The number of carbonyl (C=O) groups is 2. The summed E-state index contributed by atoms with van der Waals surface area (Å²) in [7, 11) is 4.10. The second-order valence-corrected chi connectivity index (χ2v) is 9.51. The van der Waals surface area contributed by atoms with Gasteiger partial charge in [-0.1, -0.05) is 31.5 Å². The molecule has 6 heteroatoms. The highest BCUT2D eigenvalue weighted by atomic mass is 32.1. The van der Waals surface area contributed by atoms with Crippen molar-refractivity contribution in [3.8, 4) is 0 Å². The molecule has 1 aromatic carbocycles. The molecule has 2 aliphatic heterocycles. The van der Waals surface area contributed by atoms with Gasteiger partial charge < -0.3 is 9.80 Å². The van der Waals surface area contributed by atoms with E-state index in [1.165, 1.54) is 21.8 Å². The van der Waals surface area contributed by atoms with Crippen LogP contribution in [-0.2, 0) is 16.0 Å². The molecule has 5 nitrogen and oxygen atoms in total. The number of amides is 2. The third-order valence-corrected chi connectivity index (χ3v) is 7.32. The van der Waals surface area contributed by atoms with E-state index < -0.39 is 0 Å². The minimum atomic E-state index is -0.219. The second-order valence-electron chi connectivity index (χ2n) is 8.56. The zero-order valence-electron chi connectivity index (χ0n) is 18.6. The fourth-order valence-corrected chi connectivity index (χ4v) is 5.24. The van der Waals surface area contributed by atoms with Gasteiger partial charge in [0.15, 0.2) is 0 Å². The number of hydrogen-bond donors (Lipinski definition) is 0. The van der Waals surface area contributed by atoms with Crippen LogP contribution >= 0.6 is 11.3 Å². The van der Waals surface area contributed by atoms with Gasteiger partial charge in [0.1, 0.15) is 5.70 Å². The van der Waals surface area contributed by atoms with E-state index in [1.54, 1.807) is 0 Å². The van der Waals surface area contributed by atoms with Gasteiger partial charge in [0.25, 0.3) is 11.8 Å². The number of aryl methyl sites for hydroxylation is 1. The number of benzene rings is 1. The van der Waals surface area contributed by atoms with Gasteiger partial charge in [-0.05, 0) is 75.0 Å². The zero-order valence-corrected chi connectivity index (χ0v) is 19.5. The summed E-state index contributed by atoms with van der Waals surface area (Å²) in [5.74, 6) is -0.431. The van der Waals surface area contributed by atoms with E-state index in [1.807, 2.05) is 48.8 Å². The molecule has 0 saturated carbocycles. The van der Waals surface area contributed by atoms with Crippen LogP contribution in [0.4, 0.5) is 5.69 Å². The van der Waals surface area contributed by atoms with Crippen LogP contribution in [0.5, 0.6) is 0 Å². The van der Waals surface area contributed by atoms with Gasteiger partial charge in [0.05, 0.1) is 11.3 Å². The fourth-order valence-electron chi connectivity index (χ4n) is 4.48. The molecule has 1 saturated heterocycles. The van der Waals surface area contributed by atoms with E-state index in [4.69, 9.17) is 0 Å². The van der Waals surface area contributed by atoms with Crippen molar-refractivity contribution in [3.05, 3.63) is 57.9 Å². The topological polar surface area (TPSA) is 43.9 Å². The van der Waals surface area contributed by atoms with Gasteiger partial charge >= 0.3 is 0 Å². The summed E-state index contributed by atoms with van der Waals surface area (Å²) >= 11 is 1.51. The summed E-state index contributed by atoms with van der Waals surface area (Å²) in [6.07, 6.45) is 5.27. The summed E-state index contributed by atoms with van der Waals surface area (Å²) < 4.78 is 0. The monoisotopic (exact) mass is 437 g/mol. The average Bonchev–Trinajstić information content (AvgIpc) is 3.39. The van der Waals surface area contributed by atoms with Gasteiger partial charge in [0.2, 0.25) is 0 Å². The second kappa shape index (κ2) is 9.37. The Labute approximate surface area is 189 Å². The number of likely N-dealkylation sites (N-methyl/N-ethyl adjacent to an activating group) is 1. The molecular formula is C25H31N3O2S. The van der Waals surface area contributed by atoms with Crippen LogP contribution in [0, 0.1) is 0 Å². The minimum Gasteiger partial charge on any atom is -0.366 e. The molecule has 0 unspecified atom stereocenters. The van der Waals surface area contributed by atoms with Gasteiger partial charge in [-0.15, -0.1) is 11.3 Å². The number of nitrogens with zero attached hydrogens (tertiary/aromatic N) is 3. The molecule has 2 aliphatic rings. The Kier molecular flexibility index (Phi) is 6.58. The first kappa shape index (κ1) is 21.8. The molecule has 1 aromatic heterocycles. The highest BCUT2D eigenvalue weighted by molar-refractivity contribution is 7.11. The minimum absolute atomic E-state index is 0.212. The zero-order chi connectivity index (χ0) is 22.0. The number of piperidine rings is 1. The molecule has 0 radical (unpaired) electrons. The van der Waals surface area contributed by atoms with Crippen LogP contribution in [0.25, 0.3) is 5.57 Å². The van der Waals surface area contributed by atoms with Crippen molar-refractivity contribution in [3.63, 3.8) is 0 Å². The summed E-state index contributed by atoms with van der Waals surface area (Å²) in [6, 6.07) is 12.0. The Morgan fingerprint density at radius 1 is 1.06 bits per heavy atom. The summed E-state index contributed by atoms with van der Waals surface area (Å²) in [4.78, 5) is 33.8. The van der Waals surface area contributed by atoms with Crippen molar-refractivity contribution >= 4 is 34.4 Å². The Hall–Kier alpha value is -2.44. The number of anilines is 1. The highest BCUT2D eigenvalue weighted by Gasteiger charge is 2.43. The molecule has 1 fully saturated rings. The lowest BCUT2D eigenvalue weighted by Gasteiger charge is -2.36. The average molecular weight is 438 g/mol. The Balaban J connectivity index is 1.66. The quantitative estimate of drug-likeness (QED) is 0.602. The van der Waals surface area contributed by atoms with Crippen molar-refractivity contribution in [2.45, 2.75) is 45.1 Å². The summed E-state index contributed by atoms with van der Waals surface area (Å²) in [5, 5.41) is 1.96.